The van der Waals surface area contributed by atoms with Crippen LogP contribution in [-0.4, -0.2) is 49.0 Å². The first-order valence-electron chi connectivity index (χ1n) is 9.75. The van der Waals surface area contributed by atoms with Gasteiger partial charge in [0.2, 0.25) is 0 Å². The first kappa shape index (κ1) is 22.2. The summed E-state index contributed by atoms with van der Waals surface area (Å²) in [7, 11) is 5.51. The number of hydrogen-bond acceptors (Lipinski definition) is 3. The van der Waals surface area contributed by atoms with Gasteiger partial charge in [-0.15, -0.1) is 0 Å². The number of nitrogens with zero attached hydrogens (tertiary/aromatic N) is 1. The van der Waals surface area contributed by atoms with Crippen molar-refractivity contribution in [3.63, 3.8) is 0 Å². The van der Waals surface area contributed by atoms with Crippen LogP contribution in [0.2, 0.25) is 11.3 Å². The molecule has 1 aromatic carbocycles. The Balaban J connectivity index is 1.79. The molecule has 0 aliphatic carbocycles. The monoisotopic (exact) mass is 394 g/mol. The third-order valence-corrected chi connectivity index (χ3v) is 5.84. The molecule has 0 aromatic heterocycles. The number of aryl methyl sites for hydroxylation is 1. The first-order valence-corrected chi connectivity index (χ1v) is 10.1. The van der Waals surface area contributed by atoms with Crippen molar-refractivity contribution >= 4 is 25.4 Å². The minimum absolute atomic E-state index is 0.00829. The number of nitrogens with two attached hydrogens (primary N) is 1. The molecule has 1 fully saturated rings. The van der Waals surface area contributed by atoms with Gasteiger partial charge in [-0.1, -0.05) is 30.8 Å². The van der Waals surface area contributed by atoms with E-state index in [9.17, 15) is 14.3 Å². The molecular formula is C20H29BClFN2O2. The number of benzene rings is 1. The maximum atomic E-state index is 13.4. The Morgan fingerprint density at radius 2 is 2.00 bits per heavy atom. The average molecular weight is 395 g/mol. The van der Waals surface area contributed by atoms with Crippen LogP contribution in [0, 0.1) is 11.7 Å². The Morgan fingerprint density at radius 3 is 2.59 bits per heavy atom. The predicted octanol–water partition coefficient (Wildman–Crippen LogP) is 3.66. The van der Waals surface area contributed by atoms with Crippen LogP contribution in [0.5, 0.6) is 0 Å². The summed E-state index contributed by atoms with van der Waals surface area (Å²) < 4.78 is 13.4. The predicted molar refractivity (Wildman–Crippen MR) is 108 cm³/mol. The van der Waals surface area contributed by atoms with Gasteiger partial charge in [-0.3, -0.25) is 4.79 Å². The fourth-order valence-corrected chi connectivity index (χ4v) is 4.23. The summed E-state index contributed by atoms with van der Waals surface area (Å²) in [4.78, 5) is 14.1. The second-order valence-electron chi connectivity index (χ2n) is 7.59. The minimum Gasteiger partial charge on any atom is -0.480 e. The summed E-state index contributed by atoms with van der Waals surface area (Å²) in [5, 5.41) is 10.1. The van der Waals surface area contributed by atoms with Crippen LogP contribution in [0.4, 0.5) is 4.39 Å². The zero-order chi connectivity index (χ0) is 19.9. The summed E-state index contributed by atoms with van der Waals surface area (Å²) in [6, 6.07) is 4.63. The lowest BCUT2D eigenvalue weighted by atomic mass is 9.75. The van der Waals surface area contributed by atoms with E-state index in [-0.39, 0.29) is 11.7 Å². The second-order valence-corrected chi connectivity index (χ2v) is 8.02. The van der Waals surface area contributed by atoms with Gasteiger partial charge in [0.15, 0.2) is 0 Å². The number of carboxylic acid groups (broad SMARTS) is 1. The van der Waals surface area contributed by atoms with Crippen LogP contribution in [-0.2, 0) is 11.2 Å². The summed E-state index contributed by atoms with van der Waals surface area (Å²) in [6.07, 6.45) is 5.84. The highest BCUT2D eigenvalue weighted by Crippen LogP contribution is 2.31. The van der Waals surface area contributed by atoms with Crippen molar-refractivity contribution in [1.29, 1.82) is 0 Å². The summed E-state index contributed by atoms with van der Waals surface area (Å²) in [5.41, 5.74) is 6.05. The van der Waals surface area contributed by atoms with Crippen molar-refractivity contribution in [2.45, 2.75) is 56.8 Å². The molecule has 1 aliphatic rings. The summed E-state index contributed by atoms with van der Waals surface area (Å²) >= 11 is 5.89. The smallest absolute Gasteiger partial charge is 0.323 e. The van der Waals surface area contributed by atoms with E-state index < -0.39 is 11.5 Å². The van der Waals surface area contributed by atoms with E-state index in [2.05, 4.69) is 4.90 Å². The number of carbonyl (C=O) groups is 1. The Hall–Kier alpha value is -1.11. The largest absolute Gasteiger partial charge is 0.480 e. The third kappa shape index (κ3) is 6.47. The van der Waals surface area contributed by atoms with Gasteiger partial charge in [-0.05, 0) is 81.4 Å². The maximum absolute atomic E-state index is 13.4. The molecule has 0 amide bonds. The molecule has 27 heavy (non-hydrogen) atoms. The van der Waals surface area contributed by atoms with E-state index in [0.717, 1.165) is 63.7 Å². The SMILES string of the molecule is [B]CCCCC(N)(C(=O)O)C1CCN(CCCc2cc(F)cc(Cl)c2)CC1. The number of rotatable bonds is 10. The van der Waals surface area contributed by atoms with Gasteiger partial charge in [-0.2, -0.15) is 0 Å². The minimum atomic E-state index is -1.15. The van der Waals surface area contributed by atoms with Crippen LogP contribution in [0.25, 0.3) is 0 Å². The van der Waals surface area contributed by atoms with Gasteiger partial charge in [0, 0.05) is 5.02 Å². The van der Waals surface area contributed by atoms with Crippen LogP contribution < -0.4 is 5.73 Å². The molecular weight excluding hydrogens is 365 g/mol. The second kappa shape index (κ2) is 10.4. The highest BCUT2D eigenvalue weighted by atomic mass is 35.5. The lowest BCUT2D eigenvalue weighted by molar-refractivity contribution is -0.147. The normalized spacial score (nSPS) is 18.3. The van der Waals surface area contributed by atoms with Crippen molar-refractivity contribution < 1.29 is 14.3 Å². The van der Waals surface area contributed by atoms with Crippen LogP contribution in [0.3, 0.4) is 0 Å². The quantitative estimate of drug-likeness (QED) is 0.469. The molecule has 2 radical (unpaired) electrons. The van der Waals surface area contributed by atoms with E-state index in [0.29, 0.717) is 17.8 Å². The number of aliphatic carboxylic acids is 1. The molecule has 0 spiro atoms. The van der Waals surface area contributed by atoms with Gasteiger partial charge < -0.3 is 15.7 Å². The van der Waals surface area contributed by atoms with E-state index in [1.165, 1.54) is 12.1 Å². The lowest BCUT2D eigenvalue weighted by Gasteiger charge is -2.40. The van der Waals surface area contributed by atoms with Gasteiger partial charge >= 0.3 is 5.97 Å². The molecule has 1 atom stereocenters. The van der Waals surface area contributed by atoms with Gasteiger partial charge in [-0.25, -0.2) is 4.39 Å². The summed E-state index contributed by atoms with van der Waals surface area (Å²) in [5.74, 6) is -1.21. The Kier molecular flexibility index (Phi) is 8.58. The van der Waals surface area contributed by atoms with Crippen molar-refractivity contribution in [2.75, 3.05) is 19.6 Å². The fourth-order valence-electron chi connectivity index (χ4n) is 3.98. The van der Waals surface area contributed by atoms with Crippen molar-refractivity contribution in [2.24, 2.45) is 11.7 Å². The van der Waals surface area contributed by atoms with Crippen molar-refractivity contribution in [3.05, 3.63) is 34.6 Å². The van der Waals surface area contributed by atoms with Crippen LogP contribution >= 0.6 is 11.6 Å². The highest BCUT2D eigenvalue weighted by molar-refractivity contribution is 6.30. The average Bonchev–Trinajstić information content (AvgIpc) is 2.61. The molecule has 4 nitrogen and oxygen atoms in total. The topological polar surface area (TPSA) is 66.6 Å². The number of piperidine rings is 1. The number of hydrogen-bond donors (Lipinski definition) is 2. The summed E-state index contributed by atoms with van der Waals surface area (Å²) in [6.45, 7) is 2.59. The van der Waals surface area contributed by atoms with Crippen molar-refractivity contribution in [1.82, 2.24) is 4.90 Å². The van der Waals surface area contributed by atoms with Crippen molar-refractivity contribution in [3.8, 4) is 0 Å². The van der Waals surface area contributed by atoms with Gasteiger partial charge in [0.25, 0.3) is 0 Å². The molecule has 0 saturated carbocycles. The third-order valence-electron chi connectivity index (χ3n) is 5.62. The molecule has 1 aliphatic heterocycles. The first-order chi connectivity index (χ1) is 12.8. The molecule has 1 heterocycles. The highest BCUT2D eigenvalue weighted by Gasteiger charge is 2.42. The van der Waals surface area contributed by atoms with E-state index in [1.54, 1.807) is 6.07 Å². The fraction of sp³-hybridized carbons (Fsp3) is 0.650. The van der Waals surface area contributed by atoms with E-state index >= 15 is 0 Å². The van der Waals surface area contributed by atoms with Crippen LogP contribution in [0.1, 0.15) is 44.1 Å². The molecule has 0 bridgehead atoms. The van der Waals surface area contributed by atoms with Gasteiger partial charge in [0.05, 0.1) is 7.85 Å². The standard InChI is InChI=1S/C20H29BClFN2O2/c21-8-2-1-7-20(24,19(26)27)16-5-10-25(11-6-16)9-3-4-15-12-17(22)14-18(23)13-15/h12-14,16H,1-11,24H2,(H,26,27). The van der Waals surface area contributed by atoms with Crippen LogP contribution in [0.15, 0.2) is 18.2 Å². The Morgan fingerprint density at radius 1 is 1.30 bits per heavy atom. The number of unbranched alkanes of at least 4 members (excludes halogenated alkanes) is 1. The zero-order valence-electron chi connectivity index (χ0n) is 15.8. The Labute approximate surface area is 167 Å². The number of carboxylic acids is 1. The van der Waals surface area contributed by atoms with E-state index in [1.807, 2.05) is 0 Å². The maximum Gasteiger partial charge on any atom is 0.323 e. The zero-order valence-corrected chi connectivity index (χ0v) is 16.6. The molecule has 7 heteroatoms. The molecule has 1 unspecified atom stereocenters. The molecule has 2 rings (SSSR count). The van der Waals surface area contributed by atoms with E-state index in [4.69, 9.17) is 25.2 Å². The lowest BCUT2D eigenvalue weighted by Crippen LogP contribution is -2.57. The number of likely N-dealkylation sites (tertiary alicyclic amines) is 1. The molecule has 1 saturated heterocycles. The Bertz CT molecular complexity index is 606. The number of halogens is 2. The van der Waals surface area contributed by atoms with Gasteiger partial charge in [0.1, 0.15) is 11.4 Å². The molecule has 148 valence electrons. The molecule has 3 N–H and O–H groups in total. The molecule has 1 aromatic rings.